The van der Waals surface area contributed by atoms with Gasteiger partial charge in [0, 0.05) is 37.4 Å². The molecule has 1 aromatic heterocycles. The number of nitrogens with zero attached hydrogens (tertiary/aromatic N) is 3. The number of aromatic nitrogens is 1. The average Bonchev–Trinajstić information content (AvgIpc) is 3.10. The normalized spacial score (nSPS) is 23.8. The first-order chi connectivity index (χ1) is 13.2. The monoisotopic (exact) mass is 362 g/mol. The smallest absolute Gasteiger partial charge is 0.251 e. The van der Waals surface area contributed by atoms with Crippen molar-refractivity contribution >= 4 is 17.5 Å². The molecule has 0 saturated carbocycles. The molecule has 1 saturated heterocycles. The second kappa shape index (κ2) is 6.37. The molecular formula is C21H22N4O2. The Morgan fingerprint density at radius 3 is 3.00 bits per heavy atom. The lowest BCUT2D eigenvalue weighted by Gasteiger charge is -2.32. The predicted molar refractivity (Wildman–Crippen MR) is 102 cm³/mol. The highest BCUT2D eigenvalue weighted by molar-refractivity contribution is 6.00. The number of hydrogen-bond acceptors (Lipinski definition) is 4. The largest absolute Gasteiger partial charge is 0.365 e. The molecule has 3 aliphatic heterocycles. The van der Waals surface area contributed by atoms with Gasteiger partial charge in [0.15, 0.2) is 0 Å². The number of carbonyl (C=O) groups is 2. The summed E-state index contributed by atoms with van der Waals surface area (Å²) in [6, 6.07) is 11.9. The van der Waals surface area contributed by atoms with E-state index in [0.29, 0.717) is 31.2 Å². The molecule has 0 spiro atoms. The molecule has 2 amide bonds. The Hall–Kier alpha value is -2.89. The number of pyridine rings is 1. The highest BCUT2D eigenvalue weighted by atomic mass is 16.2. The molecule has 2 aromatic rings. The topological polar surface area (TPSA) is 65.5 Å². The lowest BCUT2D eigenvalue weighted by Crippen LogP contribution is -2.46. The summed E-state index contributed by atoms with van der Waals surface area (Å²) >= 11 is 0. The molecule has 6 nitrogen and oxygen atoms in total. The Morgan fingerprint density at radius 1 is 1.19 bits per heavy atom. The fourth-order valence-corrected chi connectivity index (χ4v) is 4.67. The molecule has 6 heteroatoms. The van der Waals surface area contributed by atoms with Crippen LogP contribution in [0.25, 0.3) is 0 Å². The molecule has 2 atom stereocenters. The Balaban J connectivity index is 1.49. The van der Waals surface area contributed by atoms with Gasteiger partial charge in [-0.15, -0.1) is 0 Å². The van der Waals surface area contributed by atoms with Gasteiger partial charge in [-0.25, -0.2) is 0 Å². The average molecular weight is 362 g/mol. The van der Waals surface area contributed by atoms with Crippen molar-refractivity contribution in [1.29, 1.82) is 0 Å². The van der Waals surface area contributed by atoms with Crippen molar-refractivity contribution in [2.45, 2.75) is 31.3 Å². The standard InChI is InChI=1S/C21H22N4O2/c26-20-16-7-2-1-6-15(16)17(11-23-20)21(27)24-12-14-5-4-10-25(14)19-8-3-9-22-18(19)13-24/h1-3,6-9,14,17H,4-5,10-13H2,(H,23,26)/t14-,17?/m0/s1. The summed E-state index contributed by atoms with van der Waals surface area (Å²) in [7, 11) is 0. The zero-order valence-electron chi connectivity index (χ0n) is 15.1. The molecule has 0 radical (unpaired) electrons. The number of nitrogens with one attached hydrogen (secondary N) is 1. The van der Waals surface area contributed by atoms with E-state index in [2.05, 4.69) is 21.3 Å². The number of benzene rings is 1. The molecule has 4 heterocycles. The Kier molecular flexibility index (Phi) is 3.85. The maximum absolute atomic E-state index is 13.5. The van der Waals surface area contributed by atoms with Gasteiger partial charge >= 0.3 is 0 Å². The molecule has 0 bridgehead atoms. The second-order valence-corrected chi connectivity index (χ2v) is 7.53. The molecule has 138 valence electrons. The number of carbonyl (C=O) groups excluding carboxylic acids is 2. The molecule has 1 fully saturated rings. The molecule has 27 heavy (non-hydrogen) atoms. The molecule has 1 aromatic carbocycles. The summed E-state index contributed by atoms with van der Waals surface area (Å²) < 4.78 is 0. The second-order valence-electron chi connectivity index (χ2n) is 7.53. The lowest BCUT2D eigenvalue weighted by atomic mass is 9.89. The van der Waals surface area contributed by atoms with Crippen molar-refractivity contribution < 1.29 is 9.59 Å². The van der Waals surface area contributed by atoms with Crippen LogP contribution in [0.4, 0.5) is 5.69 Å². The number of hydrogen-bond donors (Lipinski definition) is 1. The van der Waals surface area contributed by atoms with E-state index in [1.807, 2.05) is 29.2 Å². The number of anilines is 1. The maximum atomic E-state index is 13.5. The fraction of sp³-hybridized carbons (Fsp3) is 0.381. The van der Waals surface area contributed by atoms with Gasteiger partial charge in [0.1, 0.15) is 0 Å². The number of rotatable bonds is 1. The van der Waals surface area contributed by atoms with E-state index in [1.54, 1.807) is 12.3 Å². The van der Waals surface area contributed by atoms with Crippen molar-refractivity contribution in [3.05, 3.63) is 59.4 Å². The molecule has 1 unspecified atom stereocenters. The van der Waals surface area contributed by atoms with Crippen LogP contribution in [-0.4, -0.2) is 47.4 Å². The number of amides is 2. The van der Waals surface area contributed by atoms with Gasteiger partial charge in [-0.2, -0.15) is 0 Å². The van der Waals surface area contributed by atoms with Crippen LogP contribution in [0.3, 0.4) is 0 Å². The third kappa shape index (κ3) is 2.67. The summed E-state index contributed by atoms with van der Waals surface area (Å²) in [6.45, 7) is 2.61. The first-order valence-electron chi connectivity index (χ1n) is 9.59. The number of fused-ring (bicyclic) bond motifs is 4. The Labute approximate surface area is 158 Å². The Bertz CT molecular complexity index is 913. The zero-order valence-corrected chi connectivity index (χ0v) is 15.1. The first kappa shape index (κ1) is 16.3. The highest BCUT2D eigenvalue weighted by Gasteiger charge is 2.38. The summed E-state index contributed by atoms with van der Waals surface area (Å²) in [5, 5.41) is 2.88. The van der Waals surface area contributed by atoms with Crippen LogP contribution < -0.4 is 10.2 Å². The minimum Gasteiger partial charge on any atom is -0.365 e. The quantitative estimate of drug-likeness (QED) is 0.842. The van der Waals surface area contributed by atoms with E-state index in [0.717, 1.165) is 36.3 Å². The summed E-state index contributed by atoms with van der Waals surface area (Å²) in [6.07, 6.45) is 4.04. The predicted octanol–water partition coefficient (Wildman–Crippen LogP) is 1.92. The van der Waals surface area contributed by atoms with Crippen LogP contribution in [-0.2, 0) is 11.3 Å². The van der Waals surface area contributed by atoms with E-state index in [-0.39, 0.29) is 17.7 Å². The minimum atomic E-state index is -0.334. The molecule has 0 aliphatic carbocycles. The Morgan fingerprint density at radius 2 is 2.07 bits per heavy atom. The molecule has 5 rings (SSSR count). The van der Waals surface area contributed by atoms with Gasteiger partial charge in [0.2, 0.25) is 5.91 Å². The van der Waals surface area contributed by atoms with E-state index in [1.165, 1.54) is 0 Å². The van der Waals surface area contributed by atoms with Crippen molar-refractivity contribution in [1.82, 2.24) is 15.2 Å². The maximum Gasteiger partial charge on any atom is 0.251 e. The van der Waals surface area contributed by atoms with Gasteiger partial charge in [-0.1, -0.05) is 18.2 Å². The minimum absolute atomic E-state index is 0.0767. The van der Waals surface area contributed by atoms with Crippen molar-refractivity contribution in [2.24, 2.45) is 0 Å². The van der Waals surface area contributed by atoms with Gasteiger partial charge in [0.05, 0.1) is 23.8 Å². The van der Waals surface area contributed by atoms with E-state index >= 15 is 0 Å². The highest BCUT2D eigenvalue weighted by Crippen LogP contribution is 2.34. The van der Waals surface area contributed by atoms with Crippen LogP contribution in [0, 0.1) is 0 Å². The SMILES string of the molecule is O=C1NCC(C(=O)N2Cc3ncccc3N3CCC[C@H]3C2)c2ccccc21. The molecular weight excluding hydrogens is 340 g/mol. The van der Waals surface area contributed by atoms with Gasteiger partial charge in [0.25, 0.3) is 5.91 Å². The van der Waals surface area contributed by atoms with Gasteiger partial charge in [-0.05, 0) is 36.6 Å². The third-order valence-electron chi connectivity index (χ3n) is 5.98. The molecule has 1 N–H and O–H groups in total. The third-order valence-corrected chi connectivity index (χ3v) is 5.98. The van der Waals surface area contributed by atoms with Crippen LogP contribution >= 0.6 is 0 Å². The summed E-state index contributed by atoms with van der Waals surface area (Å²) in [5.74, 6) is -0.355. The fourth-order valence-electron chi connectivity index (χ4n) is 4.67. The zero-order chi connectivity index (χ0) is 18.4. The lowest BCUT2D eigenvalue weighted by molar-refractivity contribution is -0.133. The summed E-state index contributed by atoms with van der Waals surface area (Å²) in [5.41, 5.74) is 3.56. The van der Waals surface area contributed by atoms with Crippen molar-refractivity contribution in [2.75, 3.05) is 24.5 Å². The molecule has 3 aliphatic rings. The first-order valence-corrected chi connectivity index (χ1v) is 9.59. The van der Waals surface area contributed by atoms with Crippen LogP contribution in [0.1, 0.15) is 40.4 Å². The van der Waals surface area contributed by atoms with Crippen LogP contribution in [0.5, 0.6) is 0 Å². The van der Waals surface area contributed by atoms with Gasteiger partial charge < -0.3 is 15.1 Å². The van der Waals surface area contributed by atoms with E-state index < -0.39 is 0 Å². The van der Waals surface area contributed by atoms with E-state index in [4.69, 9.17) is 0 Å². The van der Waals surface area contributed by atoms with Crippen LogP contribution in [0.15, 0.2) is 42.6 Å². The van der Waals surface area contributed by atoms with Crippen LogP contribution in [0.2, 0.25) is 0 Å². The van der Waals surface area contributed by atoms with Gasteiger partial charge in [-0.3, -0.25) is 14.6 Å². The summed E-state index contributed by atoms with van der Waals surface area (Å²) in [4.78, 5) is 34.6. The van der Waals surface area contributed by atoms with Crippen molar-refractivity contribution in [3.63, 3.8) is 0 Å². The van der Waals surface area contributed by atoms with Crippen molar-refractivity contribution in [3.8, 4) is 0 Å². The van der Waals surface area contributed by atoms with E-state index in [9.17, 15) is 9.59 Å².